The van der Waals surface area contributed by atoms with Gasteiger partial charge in [-0.1, -0.05) is 35.9 Å². The van der Waals surface area contributed by atoms with E-state index in [1.165, 1.54) is 0 Å². The van der Waals surface area contributed by atoms with Crippen LogP contribution in [0.2, 0.25) is 0 Å². The van der Waals surface area contributed by atoms with E-state index in [1.54, 1.807) is 6.92 Å². The predicted molar refractivity (Wildman–Crippen MR) is 100 cm³/mol. The van der Waals surface area contributed by atoms with Gasteiger partial charge in [-0.25, -0.2) is 4.79 Å². The highest BCUT2D eigenvalue weighted by Gasteiger charge is 2.22. The van der Waals surface area contributed by atoms with Crippen molar-refractivity contribution >= 4 is 17.6 Å². The van der Waals surface area contributed by atoms with Gasteiger partial charge >= 0.3 is 5.97 Å². The van der Waals surface area contributed by atoms with Gasteiger partial charge in [-0.2, -0.15) is 0 Å². The van der Waals surface area contributed by atoms with Crippen molar-refractivity contribution in [2.45, 2.75) is 47.6 Å². The van der Waals surface area contributed by atoms with Crippen molar-refractivity contribution in [3.63, 3.8) is 0 Å². The summed E-state index contributed by atoms with van der Waals surface area (Å²) in [5.74, 6) is -0.813. The van der Waals surface area contributed by atoms with Crippen molar-refractivity contribution in [3.8, 4) is 0 Å². The van der Waals surface area contributed by atoms with Gasteiger partial charge in [0.2, 0.25) is 0 Å². The Morgan fingerprint density at radius 1 is 0.920 bits per heavy atom. The molecular weight excluding hydrogens is 314 g/mol. The third-order valence-electron chi connectivity index (χ3n) is 4.26. The number of hydrogen-bond donors (Lipinski definition) is 1. The van der Waals surface area contributed by atoms with Crippen molar-refractivity contribution in [1.29, 1.82) is 0 Å². The highest BCUT2D eigenvalue weighted by Crippen LogP contribution is 2.21. The number of hydrogen-bond acceptors (Lipinski definition) is 3. The number of benzene rings is 2. The molecule has 4 heteroatoms. The van der Waals surface area contributed by atoms with E-state index in [2.05, 4.69) is 5.32 Å². The van der Waals surface area contributed by atoms with Gasteiger partial charge in [0.1, 0.15) is 0 Å². The van der Waals surface area contributed by atoms with Crippen LogP contribution in [-0.4, -0.2) is 18.0 Å². The Labute approximate surface area is 149 Å². The topological polar surface area (TPSA) is 55.4 Å². The zero-order valence-corrected chi connectivity index (χ0v) is 15.7. The molecule has 0 aliphatic rings. The summed E-state index contributed by atoms with van der Waals surface area (Å²) in [6, 6.07) is 9.67. The Hall–Kier alpha value is -2.62. The van der Waals surface area contributed by atoms with Gasteiger partial charge in [0.15, 0.2) is 6.10 Å². The monoisotopic (exact) mass is 339 g/mol. The number of aryl methyl sites for hydroxylation is 5. The maximum Gasteiger partial charge on any atom is 0.339 e. The second-order valence-corrected chi connectivity index (χ2v) is 6.58. The average molecular weight is 339 g/mol. The van der Waals surface area contributed by atoms with Crippen LogP contribution in [0.25, 0.3) is 0 Å². The minimum absolute atomic E-state index is 0.340. The molecule has 0 aromatic heterocycles. The summed E-state index contributed by atoms with van der Waals surface area (Å²) in [4.78, 5) is 24.9. The second-order valence-electron chi connectivity index (χ2n) is 6.58. The summed E-state index contributed by atoms with van der Waals surface area (Å²) >= 11 is 0. The fourth-order valence-corrected chi connectivity index (χ4v) is 3.01. The zero-order valence-electron chi connectivity index (χ0n) is 15.7. The Morgan fingerprint density at radius 2 is 1.44 bits per heavy atom. The van der Waals surface area contributed by atoms with Gasteiger partial charge < -0.3 is 10.1 Å². The molecule has 0 spiro atoms. The van der Waals surface area contributed by atoms with Crippen LogP contribution in [0.4, 0.5) is 5.69 Å². The molecule has 0 bridgehead atoms. The smallest absolute Gasteiger partial charge is 0.339 e. The molecule has 0 saturated heterocycles. The molecule has 2 rings (SSSR count). The standard InChI is InChI=1S/C21H25NO3/c1-12-10-15(4)18(16(5)11-12)21(24)25-17(6)20(23)22-19-13(2)8-7-9-14(19)3/h7-11,17H,1-6H3,(H,22,23). The molecule has 1 N–H and O–H groups in total. The van der Waals surface area contributed by atoms with E-state index in [4.69, 9.17) is 4.74 Å². The summed E-state index contributed by atoms with van der Waals surface area (Å²) < 4.78 is 5.40. The molecule has 1 amide bonds. The van der Waals surface area contributed by atoms with Crippen LogP contribution < -0.4 is 5.32 Å². The van der Waals surface area contributed by atoms with Crippen LogP contribution in [0.15, 0.2) is 30.3 Å². The molecule has 0 fully saturated rings. The largest absolute Gasteiger partial charge is 0.449 e. The molecular formula is C21H25NO3. The summed E-state index contributed by atoms with van der Waals surface area (Å²) in [5.41, 5.74) is 6.02. The molecule has 4 nitrogen and oxygen atoms in total. The number of carbonyl (C=O) groups is 2. The molecule has 0 saturated carbocycles. The number of nitrogens with one attached hydrogen (secondary N) is 1. The predicted octanol–water partition coefficient (Wildman–Crippen LogP) is 4.41. The molecule has 0 aliphatic carbocycles. The third kappa shape index (κ3) is 4.27. The second kappa shape index (κ2) is 7.51. The lowest BCUT2D eigenvalue weighted by Crippen LogP contribution is -2.31. The number of anilines is 1. The first kappa shape index (κ1) is 18.7. The molecule has 2 aromatic carbocycles. The summed E-state index contributed by atoms with van der Waals surface area (Å²) in [7, 11) is 0. The zero-order chi connectivity index (χ0) is 18.7. The number of rotatable bonds is 4. The lowest BCUT2D eigenvalue weighted by atomic mass is 10.00. The van der Waals surface area contributed by atoms with Crippen LogP contribution >= 0.6 is 0 Å². The van der Waals surface area contributed by atoms with Crippen LogP contribution in [0.5, 0.6) is 0 Å². The van der Waals surface area contributed by atoms with Crippen molar-refractivity contribution < 1.29 is 14.3 Å². The number of ether oxygens (including phenoxy) is 1. The first-order valence-electron chi connectivity index (χ1n) is 8.36. The number of carbonyl (C=O) groups excluding carboxylic acids is 2. The van der Waals surface area contributed by atoms with Gasteiger partial charge in [-0.15, -0.1) is 0 Å². The van der Waals surface area contributed by atoms with E-state index in [-0.39, 0.29) is 5.91 Å². The Bertz CT molecular complexity index is 781. The maximum atomic E-state index is 12.5. The van der Waals surface area contributed by atoms with E-state index in [1.807, 2.05) is 65.0 Å². The highest BCUT2D eigenvalue weighted by molar-refractivity contribution is 5.99. The van der Waals surface area contributed by atoms with Crippen LogP contribution in [0.1, 0.15) is 45.1 Å². The molecule has 2 aromatic rings. The minimum atomic E-state index is -0.883. The SMILES string of the molecule is Cc1cc(C)c(C(=O)OC(C)C(=O)Nc2c(C)cccc2C)c(C)c1. The molecule has 0 heterocycles. The quantitative estimate of drug-likeness (QED) is 0.839. The first-order valence-corrected chi connectivity index (χ1v) is 8.36. The van der Waals surface area contributed by atoms with E-state index in [0.717, 1.165) is 33.5 Å². The van der Waals surface area contributed by atoms with Crippen molar-refractivity contribution in [1.82, 2.24) is 0 Å². The third-order valence-corrected chi connectivity index (χ3v) is 4.26. The normalized spacial score (nSPS) is 11.8. The van der Waals surface area contributed by atoms with Crippen LogP contribution in [0, 0.1) is 34.6 Å². The van der Waals surface area contributed by atoms with Crippen molar-refractivity contribution in [3.05, 3.63) is 63.7 Å². The van der Waals surface area contributed by atoms with Gasteiger partial charge in [0, 0.05) is 5.69 Å². The lowest BCUT2D eigenvalue weighted by Gasteiger charge is -2.17. The number of esters is 1. The highest BCUT2D eigenvalue weighted by atomic mass is 16.5. The van der Waals surface area contributed by atoms with Gasteiger partial charge in [0.05, 0.1) is 5.56 Å². The molecule has 132 valence electrons. The molecule has 0 radical (unpaired) electrons. The van der Waals surface area contributed by atoms with Crippen molar-refractivity contribution in [2.75, 3.05) is 5.32 Å². The number of amides is 1. The summed E-state index contributed by atoms with van der Waals surface area (Å²) in [5, 5.41) is 2.86. The van der Waals surface area contributed by atoms with Crippen molar-refractivity contribution in [2.24, 2.45) is 0 Å². The van der Waals surface area contributed by atoms with E-state index >= 15 is 0 Å². The Balaban J connectivity index is 2.13. The minimum Gasteiger partial charge on any atom is -0.449 e. The van der Waals surface area contributed by atoms with E-state index < -0.39 is 12.1 Å². The maximum absolute atomic E-state index is 12.5. The van der Waals surface area contributed by atoms with Gasteiger partial charge in [0.25, 0.3) is 5.91 Å². The fraction of sp³-hybridized carbons (Fsp3) is 0.333. The Kier molecular flexibility index (Phi) is 5.62. The first-order chi connectivity index (χ1) is 11.7. The molecule has 25 heavy (non-hydrogen) atoms. The van der Waals surface area contributed by atoms with Gasteiger partial charge in [-0.05, 0) is 63.8 Å². The molecule has 1 unspecified atom stereocenters. The Morgan fingerprint density at radius 3 is 1.96 bits per heavy atom. The summed E-state index contributed by atoms with van der Waals surface area (Å²) in [6.07, 6.45) is -0.883. The van der Waals surface area contributed by atoms with Crippen LogP contribution in [0.3, 0.4) is 0 Å². The summed E-state index contributed by atoms with van der Waals surface area (Å²) in [6.45, 7) is 11.2. The lowest BCUT2D eigenvalue weighted by molar-refractivity contribution is -0.123. The van der Waals surface area contributed by atoms with Gasteiger partial charge in [-0.3, -0.25) is 4.79 Å². The molecule has 0 aliphatic heterocycles. The number of para-hydroxylation sites is 1. The average Bonchev–Trinajstić information content (AvgIpc) is 2.49. The van der Waals surface area contributed by atoms with E-state index in [0.29, 0.717) is 5.56 Å². The van der Waals surface area contributed by atoms with Crippen LogP contribution in [-0.2, 0) is 9.53 Å². The molecule has 1 atom stereocenters. The fourth-order valence-electron chi connectivity index (χ4n) is 3.01. The van der Waals surface area contributed by atoms with E-state index in [9.17, 15) is 9.59 Å².